The largest absolute Gasteiger partial charge is 0.708 e. The number of hydrogen-bond donors (Lipinski definition) is 3. The van der Waals surface area contributed by atoms with Gasteiger partial charge in [-0.15, -0.1) is 9.42 Å². The predicted molar refractivity (Wildman–Crippen MR) is 87.8 cm³/mol. The number of H-pyrrole nitrogens is 1. The Bertz CT molecular complexity index is 906. The minimum absolute atomic E-state index is 0.0122. The summed E-state index contributed by atoms with van der Waals surface area (Å²) in [5, 5.41) is 0. The molecule has 0 spiro atoms. The molecule has 6 atom stereocenters. The third-order valence-electron chi connectivity index (χ3n) is 3.08. The van der Waals surface area contributed by atoms with Crippen molar-refractivity contribution in [2.75, 3.05) is 6.61 Å². The zero-order valence-corrected chi connectivity index (χ0v) is 17.1. The number of hydrogen-bond acceptors (Lipinski definition) is 9. The van der Waals surface area contributed by atoms with Gasteiger partial charge in [-0.3, -0.25) is 19.2 Å². The predicted octanol–water partition coefficient (Wildman–Crippen LogP) is 1.38. The lowest BCUT2D eigenvalue weighted by atomic mass is 10.2. The highest BCUT2D eigenvalue weighted by Crippen LogP contribution is 2.57. The van der Waals surface area contributed by atoms with E-state index >= 15 is 0 Å². The van der Waals surface area contributed by atoms with Crippen LogP contribution >= 0.6 is 40.3 Å². The molecule has 0 amide bonds. The fourth-order valence-electron chi connectivity index (χ4n) is 2.03. The molecule has 0 bridgehead atoms. The van der Waals surface area contributed by atoms with Gasteiger partial charge in [0.25, 0.3) is 5.56 Å². The van der Waals surface area contributed by atoms with E-state index in [1.807, 2.05) is 4.98 Å². The van der Waals surface area contributed by atoms with Crippen LogP contribution in [0.1, 0.15) is 12.6 Å². The van der Waals surface area contributed by atoms with Gasteiger partial charge >= 0.3 is 30.0 Å². The number of phosphoric acid groups is 1. The standard InChI is InChI=1S/C9H9BrFN2O11P3/c10-4-2-13(9(15)12-8(4)14)7-1-5(11)6(22-7)3-21-26(18)24-27(19,20)23-25(16)17/h2,5-7H,1,3H2,(H-2,12,14,15,16,17,19,20)/p+2/t5-,6+,7+/m0/s1. The summed E-state index contributed by atoms with van der Waals surface area (Å²) < 4.78 is 65.3. The molecule has 2 rings (SSSR count). The molecule has 18 heteroatoms. The molecule has 3 unspecified atom stereocenters. The molecule has 150 valence electrons. The lowest BCUT2D eigenvalue weighted by Crippen LogP contribution is -2.32. The number of alkyl halides is 1. The van der Waals surface area contributed by atoms with E-state index in [2.05, 4.69) is 29.1 Å². The van der Waals surface area contributed by atoms with Gasteiger partial charge in [0.1, 0.15) is 25.1 Å². The zero-order valence-electron chi connectivity index (χ0n) is 12.8. The Morgan fingerprint density at radius 2 is 2.11 bits per heavy atom. The average Bonchev–Trinajstić information content (AvgIpc) is 2.87. The van der Waals surface area contributed by atoms with Crippen LogP contribution in [0.15, 0.2) is 20.3 Å². The molecule has 0 aromatic carbocycles. The molecule has 0 saturated carbocycles. The lowest BCUT2D eigenvalue weighted by molar-refractivity contribution is -0.0310. The average molecular weight is 515 g/mol. The van der Waals surface area contributed by atoms with E-state index in [1.165, 1.54) is 0 Å². The summed E-state index contributed by atoms with van der Waals surface area (Å²) in [4.78, 5) is 42.4. The van der Waals surface area contributed by atoms with Crippen LogP contribution in [0, 0.1) is 0 Å². The fourth-order valence-corrected chi connectivity index (χ4v) is 4.57. The van der Waals surface area contributed by atoms with Crippen molar-refractivity contribution >= 4 is 40.3 Å². The van der Waals surface area contributed by atoms with E-state index in [-0.39, 0.29) is 10.9 Å². The van der Waals surface area contributed by atoms with Crippen LogP contribution in [0.25, 0.3) is 0 Å². The van der Waals surface area contributed by atoms with Crippen molar-refractivity contribution in [1.82, 2.24) is 9.55 Å². The number of nitrogens with one attached hydrogen (secondary N) is 1. The molecular formula is C9H11BrFN2O11P3+2. The summed E-state index contributed by atoms with van der Waals surface area (Å²) in [6.07, 6.45) is -3.26. The molecule has 2 heterocycles. The van der Waals surface area contributed by atoms with Crippen LogP contribution < -0.4 is 11.2 Å². The molecule has 1 aromatic heterocycles. The van der Waals surface area contributed by atoms with Crippen LogP contribution in [-0.2, 0) is 31.6 Å². The Kier molecular flexibility index (Phi) is 7.68. The molecule has 1 aliphatic heterocycles. The number of halogens is 2. The first-order chi connectivity index (χ1) is 12.5. The molecule has 1 aromatic rings. The molecular weight excluding hydrogens is 504 g/mol. The van der Waals surface area contributed by atoms with Gasteiger partial charge in [-0.05, 0) is 15.9 Å². The first-order valence-corrected chi connectivity index (χ1v) is 11.3. The fraction of sp³-hybridized carbons (Fsp3) is 0.556. The van der Waals surface area contributed by atoms with Crippen LogP contribution in [0.5, 0.6) is 0 Å². The smallest absolute Gasteiger partial charge is 0.349 e. The van der Waals surface area contributed by atoms with Gasteiger partial charge in [-0.25, -0.2) is 13.8 Å². The molecule has 1 fully saturated rings. The summed E-state index contributed by atoms with van der Waals surface area (Å²) in [6, 6.07) is 0. The second kappa shape index (κ2) is 9.19. The van der Waals surface area contributed by atoms with Crippen LogP contribution in [-0.4, -0.2) is 38.2 Å². The summed E-state index contributed by atoms with van der Waals surface area (Å²) in [5.74, 6) is 0. The summed E-state index contributed by atoms with van der Waals surface area (Å²) >= 11 is 2.92. The Morgan fingerprint density at radius 3 is 2.74 bits per heavy atom. The first-order valence-electron chi connectivity index (χ1n) is 6.77. The zero-order chi connectivity index (χ0) is 20.4. The van der Waals surface area contributed by atoms with E-state index in [1.54, 1.807) is 0 Å². The number of ether oxygens (including phenoxy) is 1. The second-order valence-electron chi connectivity index (χ2n) is 4.91. The number of rotatable bonds is 8. The minimum Gasteiger partial charge on any atom is -0.349 e. The normalized spacial score (nSPS) is 25.9. The number of nitrogens with zero attached hydrogens (tertiary/aromatic N) is 1. The van der Waals surface area contributed by atoms with E-state index in [9.17, 15) is 27.7 Å². The van der Waals surface area contributed by atoms with Crippen LogP contribution in [0.4, 0.5) is 4.39 Å². The molecule has 13 nitrogen and oxygen atoms in total. The maximum Gasteiger partial charge on any atom is 0.708 e. The van der Waals surface area contributed by atoms with E-state index in [0.717, 1.165) is 10.8 Å². The van der Waals surface area contributed by atoms with E-state index in [4.69, 9.17) is 14.5 Å². The quantitative estimate of drug-likeness (QED) is 0.425. The van der Waals surface area contributed by atoms with Crippen molar-refractivity contribution in [3.63, 3.8) is 0 Å². The highest BCUT2D eigenvalue weighted by molar-refractivity contribution is 9.10. The summed E-state index contributed by atoms with van der Waals surface area (Å²) in [7, 11) is -11.9. The van der Waals surface area contributed by atoms with Crippen molar-refractivity contribution in [2.24, 2.45) is 0 Å². The van der Waals surface area contributed by atoms with Crippen molar-refractivity contribution in [2.45, 2.75) is 24.9 Å². The second-order valence-corrected chi connectivity index (χ2v) is 9.19. The third kappa shape index (κ3) is 6.40. The van der Waals surface area contributed by atoms with Crippen molar-refractivity contribution in [1.29, 1.82) is 0 Å². The SMILES string of the molecule is O=c1[nH]c(=O)n([C@H]2C[C@H](F)[C@@H](CO[P+](=O)OP(=O)(O)O[P+](=O)O)O2)cc1Br. The molecule has 1 aliphatic rings. The molecule has 3 N–H and O–H groups in total. The van der Waals surface area contributed by atoms with Crippen molar-refractivity contribution < 1.29 is 45.8 Å². The maximum absolute atomic E-state index is 14.1. The number of aromatic nitrogens is 2. The van der Waals surface area contributed by atoms with Crippen LogP contribution in [0.2, 0.25) is 0 Å². The van der Waals surface area contributed by atoms with Crippen molar-refractivity contribution in [3.8, 4) is 0 Å². The van der Waals surface area contributed by atoms with Gasteiger partial charge in [0.15, 0.2) is 0 Å². The van der Waals surface area contributed by atoms with Gasteiger partial charge in [0.05, 0.1) is 4.47 Å². The Balaban J connectivity index is 1.96. The number of aromatic amines is 1. The molecule has 1 saturated heterocycles. The van der Waals surface area contributed by atoms with Gasteiger partial charge in [0, 0.05) is 30.4 Å². The van der Waals surface area contributed by atoms with Crippen molar-refractivity contribution in [3.05, 3.63) is 31.5 Å². The van der Waals surface area contributed by atoms with E-state index < -0.39 is 60.7 Å². The highest BCUT2D eigenvalue weighted by atomic mass is 79.9. The molecule has 27 heavy (non-hydrogen) atoms. The summed E-state index contributed by atoms with van der Waals surface area (Å²) in [5.41, 5.74) is -1.52. The monoisotopic (exact) mass is 514 g/mol. The van der Waals surface area contributed by atoms with Crippen LogP contribution in [0.3, 0.4) is 0 Å². The first kappa shape index (κ1) is 22.6. The lowest BCUT2D eigenvalue weighted by Gasteiger charge is -2.14. The minimum atomic E-state index is -5.12. The third-order valence-corrected chi connectivity index (χ3v) is 6.75. The van der Waals surface area contributed by atoms with Gasteiger partial charge < -0.3 is 4.74 Å². The summed E-state index contributed by atoms with van der Waals surface area (Å²) in [6.45, 7) is -0.697. The highest BCUT2D eigenvalue weighted by Gasteiger charge is 2.46. The van der Waals surface area contributed by atoms with Gasteiger partial charge in [0.2, 0.25) is 0 Å². The van der Waals surface area contributed by atoms with E-state index in [0.29, 0.717) is 0 Å². The maximum atomic E-state index is 14.1. The Labute approximate surface area is 159 Å². The molecule has 0 radical (unpaired) electrons. The Morgan fingerprint density at radius 1 is 1.44 bits per heavy atom. The molecule has 0 aliphatic carbocycles. The van der Waals surface area contributed by atoms with Gasteiger partial charge in [-0.2, -0.15) is 0 Å². The topological polar surface area (TPSA) is 183 Å². The Hall–Kier alpha value is -0.720. The van der Waals surface area contributed by atoms with Gasteiger partial charge in [-0.1, -0.05) is 0 Å².